The quantitative estimate of drug-likeness (QED) is 0.891. The molecule has 0 aliphatic heterocycles. The van der Waals surface area contributed by atoms with Crippen molar-refractivity contribution >= 4 is 6.08 Å². The normalized spacial score (nSPS) is 26.6. The first-order chi connectivity index (χ1) is 12.0. The zero-order chi connectivity index (χ0) is 17.6. The molecule has 2 aliphatic rings. The minimum absolute atomic E-state index is 0.0112. The Morgan fingerprint density at radius 1 is 1.36 bits per heavy atom. The van der Waals surface area contributed by atoms with E-state index in [0.717, 1.165) is 43.5 Å². The van der Waals surface area contributed by atoms with E-state index in [4.69, 9.17) is 0 Å². The fraction of sp³-hybridized carbons (Fsp3) is 0.476. The summed E-state index contributed by atoms with van der Waals surface area (Å²) < 4.78 is 15.1. The number of aliphatic hydroxyl groups excluding tert-OH is 1. The molecule has 3 atom stereocenters. The van der Waals surface area contributed by atoms with Crippen molar-refractivity contribution in [1.82, 2.24) is 9.78 Å². The Balaban J connectivity index is 1.76. The largest absolute Gasteiger partial charge is 0.393 e. The van der Waals surface area contributed by atoms with Gasteiger partial charge in [-0.1, -0.05) is 19.4 Å². The van der Waals surface area contributed by atoms with Crippen molar-refractivity contribution in [2.75, 3.05) is 0 Å². The van der Waals surface area contributed by atoms with Crippen molar-refractivity contribution in [3.8, 4) is 5.69 Å². The molecule has 1 fully saturated rings. The van der Waals surface area contributed by atoms with Crippen molar-refractivity contribution in [2.24, 2.45) is 11.3 Å². The molecule has 3 nitrogen and oxygen atoms in total. The maximum absolute atomic E-state index is 13.2. The van der Waals surface area contributed by atoms with Crippen LogP contribution in [0.1, 0.15) is 50.8 Å². The number of aromatic nitrogens is 2. The number of fused-ring (bicyclic) bond motifs is 2. The van der Waals surface area contributed by atoms with E-state index in [1.165, 1.54) is 23.3 Å². The molecule has 0 radical (unpaired) electrons. The van der Waals surface area contributed by atoms with Crippen LogP contribution in [0, 0.1) is 17.2 Å². The second-order valence-corrected chi connectivity index (χ2v) is 7.68. The first-order valence-corrected chi connectivity index (χ1v) is 9.25. The minimum Gasteiger partial charge on any atom is -0.393 e. The van der Waals surface area contributed by atoms with Gasteiger partial charge < -0.3 is 5.11 Å². The highest BCUT2D eigenvalue weighted by Gasteiger charge is 2.45. The molecule has 2 aliphatic carbocycles. The molecule has 2 aromatic rings. The van der Waals surface area contributed by atoms with Crippen LogP contribution in [0.3, 0.4) is 0 Å². The average molecular weight is 340 g/mol. The fourth-order valence-electron chi connectivity index (χ4n) is 4.77. The number of benzene rings is 1. The average Bonchev–Trinajstić information content (AvgIpc) is 3.01. The summed E-state index contributed by atoms with van der Waals surface area (Å²) in [4.78, 5) is 0. The highest BCUT2D eigenvalue weighted by atomic mass is 19.1. The van der Waals surface area contributed by atoms with E-state index in [2.05, 4.69) is 25.0 Å². The lowest BCUT2D eigenvalue weighted by Gasteiger charge is -2.47. The lowest BCUT2D eigenvalue weighted by molar-refractivity contribution is 0.0208. The Labute approximate surface area is 148 Å². The predicted molar refractivity (Wildman–Crippen MR) is 96.9 cm³/mol. The van der Waals surface area contributed by atoms with Gasteiger partial charge in [0.25, 0.3) is 0 Å². The summed E-state index contributed by atoms with van der Waals surface area (Å²) in [6.45, 7) is 4.37. The van der Waals surface area contributed by atoms with Gasteiger partial charge in [0, 0.05) is 0 Å². The molecule has 4 rings (SSSR count). The van der Waals surface area contributed by atoms with Gasteiger partial charge in [0.1, 0.15) is 5.82 Å². The van der Waals surface area contributed by atoms with Crippen molar-refractivity contribution < 1.29 is 9.50 Å². The Bertz CT molecular complexity index is 808. The number of hydrogen-bond donors (Lipinski definition) is 1. The van der Waals surface area contributed by atoms with E-state index in [0.29, 0.717) is 5.92 Å². The Morgan fingerprint density at radius 3 is 2.84 bits per heavy atom. The van der Waals surface area contributed by atoms with Gasteiger partial charge in [-0.2, -0.15) is 5.10 Å². The van der Waals surface area contributed by atoms with Gasteiger partial charge in [-0.25, -0.2) is 9.07 Å². The summed E-state index contributed by atoms with van der Waals surface area (Å²) in [6, 6.07) is 6.47. The Hall–Kier alpha value is -1.94. The van der Waals surface area contributed by atoms with Crippen LogP contribution in [0.25, 0.3) is 11.8 Å². The molecule has 0 bridgehead atoms. The van der Waals surface area contributed by atoms with E-state index in [9.17, 15) is 9.50 Å². The lowest BCUT2D eigenvalue weighted by Crippen LogP contribution is -2.43. The van der Waals surface area contributed by atoms with Gasteiger partial charge in [-0.05, 0) is 79.3 Å². The first-order valence-electron chi connectivity index (χ1n) is 9.25. The molecular formula is C21H25FN2O. The molecule has 0 amide bonds. The number of aliphatic hydroxyl groups is 1. The first kappa shape index (κ1) is 16.5. The number of nitrogens with zero attached hydrogens (tertiary/aromatic N) is 2. The summed E-state index contributed by atoms with van der Waals surface area (Å²) in [5, 5.41) is 15.1. The van der Waals surface area contributed by atoms with Gasteiger partial charge >= 0.3 is 0 Å². The predicted octanol–water partition coefficient (Wildman–Crippen LogP) is 4.53. The molecule has 132 valence electrons. The van der Waals surface area contributed by atoms with Crippen LogP contribution >= 0.6 is 0 Å². The van der Waals surface area contributed by atoms with Crippen LogP contribution in [0.15, 0.2) is 36.0 Å². The minimum atomic E-state index is -0.248. The number of allylic oxidation sites excluding steroid dienone is 1. The fourth-order valence-corrected chi connectivity index (χ4v) is 4.77. The Morgan fingerprint density at radius 2 is 2.12 bits per heavy atom. The molecule has 4 heteroatoms. The third-order valence-electron chi connectivity index (χ3n) is 6.22. The summed E-state index contributed by atoms with van der Waals surface area (Å²) in [5.74, 6) is 0.0687. The number of hydrogen-bond acceptors (Lipinski definition) is 2. The van der Waals surface area contributed by atoms with Crippen molar-refractivity contribution in [3.05, 3.63) is 53.1 Å². The summed E-state index contributed by atoms with van der Waals surface area (Å²) in [6.07, 6.45) is 8.96. The standard InChI is InChI=1S/C21H25FN2O/c1-3-20(25)18-6-4-5-15-11-19-14(12-21(15,18)2)13-23-24(19)17-9-7-16(22)8-10-17/h7-11,13,18,20,25H,3-6,12H2,1-2H3/t18-,20-,21+/m1/s1. The summed E-state index contributed by atoms with van der Waals surface area (Å²) >= 11 is 0. The van der Waals surface area contributed by atoms with Crippen molar-refractivity contribution in [1.29, 1.82) is 0 Å². The second-order valence-electron chi connectivity index (χ2n) is 7.68. The molecule has 1 N–H and O–H groups in total. The molecule has 1 saturated carbocycles. The topological polar surface area (TPSA) is 38.1 Å². The lowest BCUT2D eigenvalue weighted by atomic mass is 9.58. The monoisotopic (exact) mass is 340 g/mol. The van der Waals surface area contributed by atoms with Crippen molar-refractivity contribution in [3.63, 3.8) is 0 Å². The maximum Gasteiger partial charge on any atom is 0.123 e. The van der Waals surface area contributed by atoms with Crippen LogP contribution in [-0.4, -0.2) is 21.0 Å². The van der Waals surface area contributed by atoms with E-state index in [-0.39, 0.29) is 17.3 Å². The molecular weight excluding hydrogens is 315 g/mol. The zero-order valence-corrected chi connectivity index (χ0v) is 14.9. The van der Waals surface area contributed by atoms with Crippen LogP contribution in [0.4, 0.5) is 4.39 Å². The molecule has 1 aromatic heterocycles. The summed E-state index contributed by atoms with van der Waals surface area (Å²) in [5.41, 5.74) is 4.63. The van der Waals surface area contributed by atoms with Gasteiger partial charge in [-0.15, -0.1) is 0 Å². The third kappa shape index (κ3) is 2.63. The highest BCUT2D eigenvalue weighted by Crippen LogP contribution is 2.52. The van der Waals surface area contributed by atoms with Crippen LogP contribution in [0.2, 0.25) is 0 Å². The highest BCUT2D eigenvalue weighted by molar-refractivity contribution is 5.61. The van der Waals surface area contributed by atoms with E-state index < -0.39 is 0 Å². The van der Waals surface area contributed by atoms with Gasteiger partial charge in [0.2, 0.25) is 0 Å². The molecule has 0 spiro atoms. The van der Waals surface area contributed by atoms with E-state index >= 15 is 0 Å². The molecule has 25 heavy (non-hydrogen) atoms. The van der Waals surface area contributed by atoms with Gasteiger partial charge in [-0.3, -0.25) is 0 Å². The van der Waals surface area contributed by atoms with E-state index in [1.807, 2.05) is 10.9 Å². The Kier molecular flexibility index (Phi) is 4.03. The zero-order valence-electron chi connectivity index (χ0n) is 14.9. The SMILES string of the molecule is CC[C@@H](O)[C@H]1CCCC2=Cc3c(cnn3-c3ccc(F)cc3)C[C@@]21C. The molecule has 0 unspecified atom stereocenters. The number of rotatable bonds is 3. The number of halogens is 1. The smallest absolute Gasteiger partial charge is 0.123 e. The molecule has 0 saturated heterocycles. The second kappa shape index (κ2) is 6.10. The third-order valence-corrected chi connectivity index (χ3v) is 6.22. The van der Waals surface area contributed by atoms with Gasteiger partial charge in [0.15, 0.2) is 0 Å². The maximum atomic E-state index is 13.2. The molecule has 1 aromatic carbocycles. The van der Waals surface area contributed by atoms with Crippen LogP contribution in [-0.2, 0) is 6.42 Å². The van der Waals surface area contributed by atoms with E-state index in [1.54, 1.807) is 12.1 Å². The van der Waals surface area contributed by atoms with Crippen LogP contribution in [0.5, 0.6) is 0 Å². The van der Waals surface area contributed by atoms with Crippen LogP contribution < -0.4 is 0 Å². The summed E-state index contributed by atoms with van der Waals surface area (Å²) in [7, 11) is 0. The van der Waals surface area contributed by atoms with Gasteiger partial charge in [0.05, 0.1) is 23.7 Å². The molecule has 1 heterocycles. The van der Waals surface area contributed by atoms with Crippen molar-refractivity contribution in [2.45, 2.75) is 52.1 Å².